The van der Waals surface area contributed by atoms with Crippen molar-refractivity contribution in [3.8, 4) is 0 Å². The van der Waals surface area contributed by atoms with Crippen LogP contribution in [0.2, 0.25) is 0 Å². The molecule has 0 fully saturated rings. The van der Waals surface area contributed by atoms with Crippen LogP contribution in [0, 0.1) is 0 Å². The van der Waals surface area contributed by atoms with Gasteiger partial charge in [-0.15, -0.1) is 0 Å². The van der Waals surface area contributed by atoms with Crippen molar-refractivity contribution in [1.82, 2.24) is 0 Å². The Kier molecular flexibility index (Phi) is 18.7. The Labute approximate surface area is 102 Å². The molecule has 0 aromatic rings. The number of hydrogen-bond donors (Lipinski definition) is 0. The van der Waals surface area contributed by atoms with Gasteiger partial charge in [0.25, 0.3) is 0 Å². The zero-order chi connectivity index (χ0) is 9.78. The molecule has 0 atom stereocenters. The van der Waals surface area contributed by atoms with Crippen LogP contribution >= 0.6 is 0 Å². The van der Waals surface area contributed by atoms with Crippen LogP contribution in [-0.4, -0.2) is 20.0 Å². The number of ether oxygens (including phenoxy) is 2. The third-order valence-corrected chi connectivity index (χ3v) is 1.64. The molecule has 80 valence electrons. The van der Waals surface area contributed by atoms with Crippen molar-refractivity contribution in [2.45, 2.75) is 39.5 Å². The van der Waals surface area contributed by atoms with Crippen molar-refractivity contribution < 1.29 is 29.8 Å². The summed E-state index contributed by atoms with van der Waals surface area (Å²) in [6.45, 7) is 6.31. The fourth-order valence-electron chi connectivity index (χ4n) is 0.859. The first-order valence-corrected chi connectivity index (χ1v) is 5.22. The van der Waals surface area contributed by atoms with Crippen molar-refractivity contribution in [1.29, 1.82) is 0 Å². The molecule has 0 heterocycles. The zero-order valence-corrected chi connectivity index (χ0v) is 9.92. The average molecular weight is 194 g/mol. The molecule has 0 radical (unpaired) electrons. The Morgan fingerprint density at radius 2 is 1.79 bits per heavy atom. The molecule has 0 amide bonds. The van der Waals surface area contributed by atoms with E-state index in [2.05, 4.69) is 26.0 Å². The maximum absolute atomic E-state index is 5.25. The number of allylic oxidation sites excluding steroid dienone is 1. The average Bonchev–Trinajstić information content (AvgIpc) is 2.16. The fraction of sp³-hybridized carbons (Fsp3) is 0.818. The first kappa shape index (κ1) is 16.7. The van der Waals surface area contributed by atoms with Crippen LogP contribution in [0.25, 0.3) is 0 Å². The van der Waals surface area contributed by atoms with Crippen molar-refractivity contribution in [2.75, 3.05) is 20.0 Å². The molecule has 0 aliphatic heterocycles. The molecule has 0 spiro atoms. The van der Waals surface area contributed by atoms with E-state index < -0.39 is 0 Å². The summed E-state index contributed by atoms with van der Waals surface area (Å²) in [6.07, 6.45) is 8.70. The maximum atomic E-state index is 5.25. The van der Waals surface area contributed by atoms with Gasteiger partial charge in [0.05, 0.1) is 6.61 Å². The molecule has 0 rings (SSSR count). The van der Waals surface area contributed by atoms with Crippen LogP contribution < -0.4 is 18.9 Å². The smallest absolute Gasteiger partial charge is 1.00 e. The minimum absolute atomic E-state index is 0. The minimum atomic E-state index is 0. The van der Waals surface area contributed by atoms with Gasteiger partial charge in [-0.25, -0.2) is 0 Å². The van der Waals surface area contributed by atoms with Crippen molar-refractivity contribution in [3.63, 3.8) is 0 Å². The molecular formula is C11H23LiO2. The predicted molar refractivity (Wildman–Crippen MR) is 56.8 cm³/mol. The van der Waals surface area contributed by atoms with Gasteiger partial charge in [0.15, 0.2) is 0 Å². The van der Waals surface area contributed by atoms with E-state index in [1.165, 1.54) is 6.42 Å². The Bertz CT molecular complexity index is 121. The minimum Gasteiger partial charge on any atom is -1.00 e. The second kappa shape index (κ2) is 15.7. The van der Waals surface area contributed by atoms with Gasteiger partial charge >= 0.3 is 18.9 Å². The normalized spacial score (nSPS) is 10.4. The third kappa shape index (κ3) is 14.8. The molecule has 0 aromatic heterocycles. The van der Waals surface area contributed by atoms with Crippen LogP contribution in [0.3, 0.4) is 0 Å². The summed E-state index contributed by atoms with van der Waals surface area (Å²) in [5, 5.41) is 0. The topological polar surface area (TPSA) is 18.5 Å². The van der Waals surface area contributed by atoms with Crippen LogP contribution in [0.1, 0.15) is 41.0 Å². The van der Waals surface area contributed by atoms with Crippen molar-refractivity contribution >= 4 is 0 Å². The van der Waals surface area contributed by atoms with Crippen LogP contribution in [0.4, 0.5) is 0 Å². The van der Waals surface area contributed by atoms with Crippen LogP contribution in [0.5, 0.6) is 0 Å². The molecule has 2 nitrogen and oxygen atoms in total. The van der Waals surface area contributed by atoms with Gasteiger partial charge in [0.1, 0.15) is 6.79 Å². The molecule has 0 aliphatic rings. The van der Waals surface area contributed by atoms with Gasteiger partial charge in [-0.1, -0.05) is 32.4 Å². The molecular weight excluding hydrogens is 171 g/mol. The Morgan fingerprint density at radius 3 is 2.43 bits per heavy atom. The Hall–Kier alpha value is 0.257. The fourth-order valence-corrected chi connectivity index (χ4v) is 0.859. The van der Waals surface area contributed by atoms with E-state index in [0.717, 1.165) is 32.5 Å². The largest absolute Gasteiger partial charge is 1.00 e. The summed E-state index contributed by atoms with van der Waals surface area (Å²) >= 11 is 0. The maximum Gasteiger partial charge on any atom is 1.00 e. The molecule has 14 heavy (non-hydrogen) atoms. The first-order chi connectivity index (χ1) is 6.41. The van der Waals surface area contributed by atoms with Gasteiger partial charge in [-0.3, -0.25) is 0 Å². The summed E-state index contributed by atoms with van der Waals surface area (Å²) in [5.74, 6) is 0. The van der Waals surface area contributed by atoms with E-state index in [4.69, 9.17) is 9.47 Å². The van der Waals surface area contributed by atoms with E-state index >= 15 is 0 Å². The third-order valence-electron chi connectivity index (χ3n) is 1.64. The second-order valence-corrected chi connectivity index (χ2v) is 2.96. The summed E-state index contributed by atoms with van der Waals surface area (Å²) in [5.41, 5.74) is 0. The number of hydrogen-bond acceptors (Lipinski definition) is 2. The van der Waals surface area contributed by atoms with Gasteiger partial charge in [0.2, 0.25) is 0 Å². The summed E-state index contributed by atoms with van der Waals surface area (Å²) in [4.78, 5) is 0. The summed E-state index contributed by atoms with van der Waals surface area (Å²) in [7, 11) is 0. The zero-order valence-electron chi connectivity index (χ0n) is 10.9. The van der Waals surface area contributed by atoms with Gasteiger partial charge in [-0.2, -0.15) is 0 Å². The first-order valence-electron chi connectivity index (χ1n) is 5.22. The standard InChI is InChI=1S/C11H22O2.Li.H/c1-3-5-7-8-10-13-11-12-9-6-4-2;;/h5,7H,3-4,6,8-11H2,1-2H3;;/q;+1;-1/b7-5-;;. The molecule has 0 saturated carbocycles. The van der Waals surface area contributed by atoms with E-state index in [1.54, 1.807) is 0 Å². The Balaban J connectivity index is -0.000000720. The molecule has 0 aromatic carbocycles. The molecule has 0 bridgehead atoms. The quantitative estimate of drug-likeness (QED) is 0.227. The number of rotatable bonds is 9. The number of unbranched alkanes of at least 4 members (excludes halogenated alkanes) is 1. The molecule has 0 saturated heterocycles. The van der Waals surface area contributed by atoms with Gasteiger partial charge < -0.3 is 10.9 Å². The van der Waals surface area contributed by atoms with Crippen molar-refractivity contribution in [2.24, 2.45) is 0 Å². The van der Waals surface area contributed by atoms with E-state index in [9.17, 15) is 0 Å². The Morgan fingerprint density at radius 1 is 1.07 bits per heavy atom. The van der Waals surface area contributed by atoms with Gasteiger partial charge in [0, 0.05) is 6.61 Å². The predicted octanol–water partition coefficient (Wildman–Crippen LogP) is 0.250. The molecule has 0 aliphatic carbocycles. The molecule has 0 N–H and O–H groups in total. The van der Waals surface area contributed by atoms with E-state index in [0.29, 0.717) is 6.79 Å². The van der Waals surface area contributed by atoms with Gasteiger partial charge in [-0.05, 0) is 19.3 Å². The second-order valence-electron chi connectivity index (χ2n) is 2.96. The van der Waals surface area contributed by atoms with E-state index in [1.807, 2.05) is 0 Å². The molecule has 0 unspecified atom stereocenters. The van der Waals surface area contributed by atoms with Crippen LogP contribution in [-0.2, 0) is 9.47 Å². The monoisotopic (exact) mass is 194 g/mol. The SMILES string of the molecule is CC/C=C\CCOCOCCCC.[H-].[Li+]. The van der Waals surface area contributed by atoms with Crippen molar-refractivity contribution in [3.05, 3.63) is 12.2 Å². The summed E-state index contributed by atoms with van der Waals surface area (Å²) in [6, 6.07) is 0. The molecule has 3 heteroatoms. The summed E-state index contributed by atoms with van der Waals surface area (Å²) < 4.78 is 10.5. The van der Waals surface area contributed by atoms with E-state index in [-0.39, 0.29) is 20.3 Å². The van der Waals surface area contributed by atoms with Crippen LogP contribution in [0.15, 0.2) is 12.2 Å².